The molecular weight excluding hydrogens is 506 g/mol. The summed E-state index contributed by atoms with van der Waals surface area (Å²) < 4.78 is 38.0. The maximum atomic E-state index is 12.7. The van der Waals surface area contributed by atoms with Crippen molar-refractivity contribution in [3.05, 3.63) is 65.0 Å². The highest BCUT2D eigenvalue weighted by Crippen LogP contribution is 2.29. The summed E-state index contributed by atoms with van der Waals surface area (Å²) in [7, 11) is 1.73. The number of pyridine rings is 1. The van der Waals surface area contributed by atoms with Crippen molar-refractivity contribution >= 4 is 29.9 Å². The van der Waals surface area contributed by atoms with E-state index in [4.69, 9.17) is 0 Å². The summed E-state index contributed by atoms with van der Waals surface area (Å²) >= 11 is 0. The number of nitrogens with zero attached hydrogens (tertiary/aromatic N) is 3. The van der Waals surface area contributed by atoms with Crippen LogP contribution in [-0.4, -0.2) is 42.0 Å². The standard InChI is InChI=1S/C21H26F3N5.HI/c1-15-4-3-5-18(27-15)12-26-20(25-2)28-19-10-11-29(14-19)13-16-6-8-17(9-7-16)21(22,23)24;/h3-9,19H,10-14H2,1-2H3,(H2,25,26,28);1H. The maximum absolute atomic E-state index is 12.7. The van der Waals surface area contributed by atoms with Crippen LogP contribution in [0.2, 0.25) is 0 Å². The smallest absolute Gasteiger partial charge is 0.352 e. The Labute approximate surface area is 192 Å². The highest BCUT2D eigenvalue weighted by Gasteiger charge is 2.30. The van der Waals surface area contributed by atoms with Crippen molar-refractivity contribution in [2.75, 3.05) is 20.1 Å². The number of likely N-dealkylation sites (tertiary alicyclic amines) is 1. The third-order valence-corrected chi connectivity index (χ3v) is 4.91. The predicted molar refractivity (Wildman–Crippen MR) is 123 cm³/mol. The molecule has 1 atom stereocenters. The Kier molecular flexibility index (Phi) is 8.90. The van der Waals surface area contributed by atoms with E-state index < -0.39 is 11.7 Å². The maximum Gasteiger partial charge on any atom is 0.416 e. The van der Waals surface area contributed by atoms with E-state index >= 15 is 0 Å². The Morgan fingerprint density at radius 3 is 2.57 bits per heavy atom. The molecule has 2 aromatic rings. The molecule has 0 spiro atoms. The zero-order valence-corrected chi connectivity index (χ0v) is 19.4. The van der Waals surface area contributed by atoms with E-state index in [0.29, 0.717) is 13.1 Å². The number of nitrogens with one attached hydrogen (secondary N) is 2. The summed E-state index contributed by atoms with van der Waals surface area (Å²) in [5, 5.41) is 6.69. The van der Waals surface area contributed by atoms with Gasteiger partial charge in [0.15, 0.2) is 5.96 Å². The Balaban J connectivity index is 0.00000320. The molecule has 1 aromatic carbocycles. The third kappa shape index (κ3) is 7.12. The van der Waals surface area contributed by atoms with Gasteiger partial charge >= 0.3 is 6.18 Å². The van der Waals surface area contributed by atoms with Crippen LogP contribution in [0.15, 0.2) is 47.5 Å². The molecule has 0 radical (unpaired) electrons. The first kappa shape index (κ1) is 24.4. The van der Waals surface area contributed by atoms with Crippen molar-refractivity contribution in [1.82, 2.24) is 20.5 Å². The van der Waals surface area contributed by atoms with Crippen LogP contribution in [0.5, 0.6) is 0 Å². The van der Waals surface area contributed by atoms with Gasteiger partial charge in [-0.15, -0.1) is 24.0 Å². The number of alkyl halides is 3. The summed E-state index contributed by atoms with van der Waals surface area (Å²) in [6, 6.07) is 11.5. The molecule has 1 unspecified atom stereocenters. The first-order valence-corrected chi connectivity index (χ1v) is 9.61. The number of halogens is 4. The van der Waals surface area contributed by atoms with Gasteiger partial charge in [0.05, 0.1) is 17.8 Å². The van der Waals surface area contributed by atoms with Crippen LogP contribution in [-0.2, 0) is 19.3 Å². The zero-order valence-electron chi connectivity index (χ0n) is 17.0. The van der Waals surface area contributed by atoms with Gasteiger partial charge in [0.2, 0.25) is 0 Å². The number of aliphatic imine (C=N–C) groups is 1. The average Bonchev–Trinajstić information content (AvgIpc) is 3.11. The Bertz CT molecular complexity index is 839. The van der Waals surface area contributed by atoms with E-state index in [1.165, 1.54) is 0 Å². The van der Waals surface area contributed by atoms with Crippen LogP contribution < -0.4 is 10.6 Å². The van der Waals surface area contributed by atoms with Crippen LogP contribution in [0.4, 0.5) is 13.2 Å². The fourth-order valence-electron chi connectivity index (χ4n) is 3.41. The summed E-state index contributed by atoms with van der Waals surface area (Å²) in [5.41, 5.74) is 2.19. The van der Waals surface area contributed by atoms with Crippen molar-refractivity contribution in [3.8, 4) is 0 Å². The molecule has 9 heteroatoms. The van der Waals surface area contributed by atoms with Crippen molar-refractivity contribution in [3.63, 3.8) is 0 Å². The van der Waals surface area contributed by atoms with Crippen LogP contribution in [0.1, 0.15) is 28.9 Å². The highest BCUT2D eigenvalue weighted by atomic mass is 127. The lowest BCUT2D eigenvalue weighted by molar-refractivity contribution is -0.137. The molecular formula is C21H27F3IN5. The molecule has 0 aliphatic carbocycles. The molecule has 164 valence electrons. The minimum atomic E-state index is -4.29. The molecule has 2 heterocycles. The Morgan fingerprint density at radius 1 is 1.20 bits per heavy atom. The molecule has 1 aliphatic rings. The molecule has 0 bridgehead atoms. The number of hydrogen-bond donors (Lipinski definition) is 2. The molecule has 2 N–H and O–H groups in total. The zero-order chi connectivity index (χ0) is 20.9. The average molecular weight is 533 g/mol. The van der Waals surface area contributed by atoms with Crippen molar-refractivity contribution in [2.24, 2.45) is 4.99 Å². The summed E-state index contributed by atoms with van der Waals surface area (Å²) in [5.74, 6) is 0.717. The van der Waals surface area contributed by atoms with Crippen LogP contribution in [0, 0.1) is 6.92 Å². The first-order chi connectivity index (χ1) is 13.8. The number of aromatic nitrogens is 1. The minimum absolute atomic E-state index is 0. The number of aryl methyl sites for hydroxylation is 1. The van der Waals surface area contributed by atoms with E-state index in [0.717, 1.165) is 54.6 Å². The molecule has 0 amide bonds. The van der Waals surface area contributed by atoms with E-state index in [1.54, 1.807) is 19.2 Å². The lowest BCUT2D eigenvalue weighted by atomic mass is 10.1. The second kappa shape index (κ2) is 10.9. The van der Waals surface area contributed by atoms with Crippen molar-refractivity contribution in [2.45, 2.75) is 38.7 Å². The topological polar surface area (TPSA) is 52.6 Å². The van der Waals surface area contributed by atoms with Crippen molar-refractivity contribution in [1.29, 1.82) is 0 Å². The fourth-order valence-corrected chi connectivity index (χ4v) is 3.41. The lowest BCUT2D eigenvalue weighted by Crippen LogP contribution is -2.44. The Morgan fingerprint density at radius 2 is 1.93 bits per heavy atom. The summed E-state index contributed by atoms with van der Waals surface area (Å²) in [4.78, 5) is 11.0. The molecule has 30 heavy (non-hydrogen) atoms. The molecule has 5 nitrogen and oxygen atoms in total. The molecule has 1 saturated heterocycles. The fraction of sp³-hybridized carbons (Fsp3) is 0.429. The van der Waals surface area contributed by atoms with Gasteiger partial charge in [-0.1, -0.05) is 18.2 Å². The normalized spacial score (nSPS) is 17.5. The number of hydrogen-bond acceptors (Lipinski definition) is 3. The van der Waals surface area contributed by atoms with E-state index in [9.17, 15) is 13.2 Å². The van der Waals surface area contributed by atoms with Crippen LogP contribution in [0.25, 0.3) is 0 Å². The van der Waals surface area contributed by atoms with Gasteiger partial charge in [-0.05, 0) is 43.2 Å². The summed E-state index contributed by atoms with van der Waals surface area (Å²) in [6.45, 7) is 4.87. The number of guanidine groups is 1. The molecule has 0 saturated carbocycles. The van der Waals surface area contributed by atoms with E-state index in [-0.39, 0.29) is 30.0 Å². The SMILES string of the molecule is CN=C(NCc1cccc(C)n1)NC1CCN(Cc2ccc(C(F)(F)F)cc2)C1.I. The van der Waals surface area contributed by atoms with Gasteiger partial charge in [-0.25, -0.2) is 0 Å². The highest BCUT2D eigenvalue weighted by molar-refractivity contribution is 14.0. The monoisotopic (exact) mass is 533 g/mol. The molecule has 1 aromatic heterocycles. The lowest BCUT2D eigenvalue weighted by Gasteiger charge is -2.19. The largest absolute Gasteiger partial charge is 0.416 e. The molecule has 1 aliphatic heterocycles. The minimum Gasteiger partial charge on any atom is -0.352 e. The number of benzene rings is 1. The Hall–Kier alpha value is -1.88. The van der Waals surface area contributed by atoms with Crippen molar-refractivity contribution < 1.29 is 13.2 Å². The van der Waals surface area contributed by atoms with E-state index in [1.807, 2.05) is 25.1 Å². The van der Waals surface area contributed by atoms with Crippen LogP contribution >= 0.6 is 24.0 Å². The quantitative estimate of drug-likeness (QED) is 0.347. The molecule has 1 fully saturated rings. The third-order valence-electron chi connectivity index (χ3n) is 4.91. The van der Waals surface area contributed by atoms with Crippen LogP contribution in [0.3, 0.4) is 0 Å². The predicted octanol–water partition coefficient (Wildman–Crippen LogP) is 3.97. The first-order valence-electron chi connectivity index (χ1n) is 9.61. The van der Waals surface area contributed by atoms with Gasteiger partial charge in [-0.3, -0.25) is 14.9 Å². The second-order valence-electron chi connectivity index (χ2n) is 7.26. The summed E-state index contributed by atoms with van der Waals surface area (Å²) in [6.07, 6.45) is -3.35. The number of rotatable bonds is 5. The van der Waals surface area contributed by atoms with E-state index in [2.05, 4.69) is 25.5 Å². The van der Waals surface area contributed by atoms with Gasteiger partial charge in [-0.2, -0.15) is 13.2 Å². The second-order valence-corrected chi connectivity index (χ2v) is 7.26. The van der Waals surface area contributed by atoms with Gasteiger partial charge in [0.25, 0.3) is 0 Å². The van der Waals surface area contributed by atoms with Gasteiger partial charge < -0.3 is 10.6 Å². The molecule has 3 rings (SSSR count). The van der Waals surface area contributed by atoms with Gasteiger partial charge in [0.1, 0.15) is 0 Å². The van der Waals surface area contributed by atoms with Gasteiger partial charge in [0, 0.05) is 38.4 Å².